The number of hydrogen-bond donors (Lipinski definition) is 2. The van der Waals surface area contributed by atoms with Gasteiger partial charge >= 0.3 is 0 Å². The molecule has 1 amide bonds. The van der Waals surface area contributed by atoms with Crippen LogP contribution in [-0.4, -0.2) is 23.7 Å². The van der Waals surface area contributed by atoms with Gasteiger partial charge in [-0.1, -0.05) is 0 Å². The summed E-state index contributed by atoms with van der Waals surface area (Å²) in [4.78, 5) is 11.4. The third kappa shape index (κ3) is 2.14. The van der Waals surface area contributed by atoms with Crippen molar-refractivity contribution < 1.29 is 14.3 Å². The molecule has 1 aromatic rings. The Morgan fingerprint density at radius 3 is 3.07 bits per heavy atom. The van der Waals surface area contributed by atoms with Gasteiger partial charge in [0, 0.05) is 6.54 Å². The lowest BCUT2D eigenvalue weighted by molar-refractivity contribution is 0.0900. The molecule has 4 nitrogen and oxygen atoms in total. The van der Waals surface area contributed by atoms with Crippen molar-refractivity contribution in [2.45, 2.75) is 18.9 Å². The SMILES string of the molecule is O=C(NCC(O)C1CC1)c1ccoc1. The molecule has 2 N–H and O–H groups in total. The van der Waals surface area contributed by atoms with Gasteiger partial charge in [-0.3, -0.25) is 4.79 Å². The second-order valence-electron chi connectivity index (χ2n) is 3.63. The van der Waals surface area contributed by atoms with Crippen LogP contribution in [0.4, 0.5) is 0 Å². The fourth-order valence-electron chi connectivity index (χ4n) is 1.34. The van der Waals surface area contributed by atoms with E-state index in [1.165, 1.54) is 12.5 Å². The predicted molar refractivity (Wildman–Crippen MR) is 49.8 cm³/mol. The number of aliphatic hydroxyl groups is 1. The van der Waals surface area contributed by atoms with Gasteiger partial charge in [0.25, 0.3) is 5.91 Å². The number of nitrogens with one attached hydrogen (secondary N) is 1. The summed E-state index contributed by atoms with van der Waals surface area (Å²) in [6.45, 7) is 0.328. The van der Waals surface area contributed by atoms with Crippen LogP contribution >= 0.6 is 0 Å². The fraction of sp³-hybridized carbons (Fsp3) is 0.500. The first-order valence-electron chi connectivity index (χ1n) is 4.76. The highest BCUT2D eigenvalue weighted by atomic mass is 16.3. The van der Waals surface area contributed by atoms with E-state index >= 15 is 0 Å². The Labute approximate surface area is 81.9 Å². The van der Waals surface area contributed by atoms with Crippen molar-refractivity contribution in [3.63, 3.8) is 0 Å². The molecule has 0 spiro atoms. The smallest absolute Gasteiger partial charge is 0.254 e. The van der Waals surface area contributed by atoms with Gasteiger partial charge in [0.1, 0.15) is 6.26 Å². The van der Waals surface area contributed by atoms with Crippen molar-refractivity contribution in [1.82, 2.24) is 5.32 Å². The molecule has 1 fully saturated rings. The number of carbonyl (C=O) groups excluding carboxylic acids is 1. The molecule has 1 unspecified atom stereocenters. The van der Waals surface area contributed by atoms with Gasteiger partial charge in [0.15, 0.2) is 0 Å². The van der Waals surface area contributed by atoms with Crippen LogP contribution in [0.25, 0.3) is 0 Å². The van der Waals surface area contributed by atoms with Crippen molar-refractivity contribution in [1.29, 1.82) is 0 Å². The molecule has 14 heavy (non-hydrogen) atoms. The zero-order valence-corrected chi connectivity index (χ0v) is 7.77. The zero-order valence-electron chi connectivity index (χ0n) is 7.77. The first-order valence-corrected chi connectivity index (χ1v) is 4.76. The molecule has 0 radical (unpaired) electrons. The topological polar surface area (TPSA) is 62.5 Å². The lowest BCUT2D eigenvalue weighted by atomic mass is 10.2. The largest absolute Gasteiger partial charge is 0.472 e. The van der Waals surface area contributed by atoms with Gasteiger partial charge in [0.05, 0.1) is 17.9 Å². The Hall–Kier alpha value is -1.29. The molecular formula is C10H13NO3. The maximum atomic E-state index is 11.4. The Balaban J connectivity index is 1.77. The summed E-state index contributed by atoms with van der Waals surface area (Å²) in [5, 5.41) is 12.2. The number of carbonyl (C=O) groups is 1. The molecule has 0 aromatic carbocycles. The second kappa shape index (κ2) is 3.84. The second-order valence-corrected chi connectivity index (χ2v) is 3.63. The van der Waals surface area contributed by atoms with Crippen LogP contribution in [0, 0.1) is 5.92 Å². The molecule has 0 bridgehead atoms. The lowest BCUT2D eigenvalue weighted by Gasteiger charge is -2.09. The summed E-state index contributed by atoms with van der Waals surface area (Å²) in [6.07, 6.45) is 4.59. The molecule has 76 valence electrons. The molecule has 4 heteroatoms. The minimum atomic E-state index is -0.397. The van der Waals surface area contributed by atoms with Crippen LogP contribution in [0.2, 0.25) is 0 Å². The van der Waals surface area contributed by atoms with E-state index < -0.39 is 6.10 Å². The lowest BCUT2D eigenvalue weighted by Crippen LogP contribution is -2.32. The number of amides is 1. The van der Waals surface area contributed by atoms with Crippen LogP contribution in [0.5, 0.6) is 0 Å². The van der Waals surface area contributed by atoms with Crippen molar-refractivity contribution in [3.8, 4) is 0 Å². The zero-order chi connectivity index (χ0) is 9.97. The van der Waals surface area contributed by atoms with E-state index in [0.29, 0.717) is 18.0 Å². The third-order valence-electron chi connectivity index (χ3n) is 2.42. The highest BCUT2D eigenvalue weighted by Crippen LogP contribution is 2.32. The maximum absolute atomic E-state index is 11.4. The van der Waals surface area contributed by atoms with E-state index in [4.69, 9.17) is 4.42 Å². The van der Waals surface area contributed by atoms with E-state index in [-0.39, 0.29) is 5.91 Å². The van der Waals surface area contributed by atoms with Crippen LogP contribution in [0.15, 0.2) is 23.0 Å². The molecule has 0 saturated heterocycles. The molecule has 1 heterocycles. The van der Waals surface area contributed by atoms with E-state index in [9.17, 15) is 9.90 Å². The Bertz CT molecular complexity index is 303. The third-order valence-corrected chi connectivity index (χ3v) is 2.42. The van der Waals surface area contributed by atoms with Crippen LogP contribution in [-0.2, 0) is 0 Å². The average molecular weight is 195 g/mol. The van der Waals surface area contributed by atoms with Crippen LogP contribution in [0.1, 0.15) is 23.2 Å². The first kappa shape index (κ1) is 9.27. The first-order chi connectivity index (χ1) is 6.77. The number of furan rings is 1. The van der Waals surface area contributed by atoms with Gasteiger partial charge < -0.3 is 14.8 Å². The quantitative estimate of drug-likeness (QED) is 0.746. The molecule has 1 aliphatic carbocycles. The summed E-state index contributed by atoms with van der Waals surface area (Å²) < 4.78 is 4.78. The minimum Gasteiger partial charge on any atom is -0.472 e. The van der Waals surface area contributed by atoms with E-state index in [0.717, 1.165) is 12.8 Å². The van der Waals surface area contributed by atoms with Gasteiger partial charge in [0.2, 0.25) is 0 Å². The van der Waals surface area contributed by atoms with Crippen LogP contribution < -0.4 is 5.32 Å². The fourth-order valence-corrected chi connectivity index (χ4v) is 1.34. The molecule has 1 aromatic heterocycles. The van der Waals surface area contributed by atoms with E-state index in [1.807, 2.05) is 0 Å². The summed E-state index contributed by atoms with van der Waals surface area (Å²) >= 11 is 0. The van der Waals surface area contributed by atoms with Gasteiger partial charge in [-0.15, -0.1) is 0 Å². The normalized spacial score (nSPS) is 17.8. The molecular weight excluding hydrogens is 182 g/mol. The van der Waals surface area contributed by atoms with Crippen molar-refractivity contribution in [2.24, 2.45) is 5.92 Å². The van der Waals surface area contributed by atoms with Crippen molar-refractivity contribution in [2.75, 3.05) is 6.54 Å². The molecule has 1 aliphatic rings. The highest BCUT2D eigenvalue weighted by Gasteiger charge is 2.29. The number of rotatable bonds is 4. The molecule has 0 aliphatic heterocycles. The Kier molecular flexibility index (Phi) is 2.54. The summed E-state index contributed by atoms with van der Waals surface area (Å²) in [5.41, 5.74) is 0.494. The Morgan fingerprint density at radius 2 is 2.50 bits per heavy atom. The summed E-state index contributed by atoms with van der Waals surface area (Å²) in [5.74, 6) is 0.193. The Morgan fingerprint density at radius 1 is 1.71 bits per heavy atom. The summed E-state index contributed by atoms with van der Waals surface area (Å²) in [7, 11) is 0. The molecule has 2 rings (SSSR count). The van der Waals surface area contributed by atoms with E-state index in [1.54, 1.807) is 6.07 Å². The summed E-state index contributed by atoms with van der Waals surface area (Å²) in [6, 6.07) is 1.60. The standard InChI is InChI=1S/C10H13NO3/c12-9(7-1-2-7)5-11-10(13)8-3-4-14-6-8/h3-4,6-7,9,12H,1-2,5H2,(H,11,13). The van der Waals surface area contributed by atoms with E-state index in [2.05, 4.69) is 5.32 Å². The molecule has 1 saturated carbocycles. The monoisotopic (exact) mass is 195 g/mol. The minimum absolute atomic E-state index is 0.196. The maximum Gasteiger partial charge on any atom is 0.254 e. The van der Waals surface area contributed by atoms with Crippen LogP contribution in [0.3, 0.4) is 0 Å². The predicted octanol–water partition coefficient (Wildman–Crippen LogP) is 0.780. The molecule has 1 atom stereocenters. The highest BCUT2D eigenvalue weighted by molar-refractivity contribution is 5.93. The van der Waals surface area contributed by atoms with Gasteiger partial charge in [-0.25, -0.2) is 0 Å². The van der Waals surface area contributed by atoms with Crippen molar-refractivity contribution in [3.05, 3.63) is 24.2 Å². The van der Waals surface area contributed by atoms with Crippen molar-refractivity contribution >= 4 is 5.91 Å². The number of hydrogen-bond acceptors (Lipinski definition) is 3. The van der Waals surface area contributed by atoms with Gasteiger partial charge in [-0.2, -0.15) is 0 Å². The number of aliphatic hydroxyl groups excluding tert-OH is 1. The average Bonchev–Trinajstić information content (AvgIpc) is 2.90. The van der Waals surface area contributed by atoms with Gasteiger partial charge in [-0.05, 0) is 24.8 Å².